The van der Waals surface area contributed by atoms with Crippen LogP contribution in [0.4, 0.5) is 0 Å². The fourth-order valence-corrected chi connectivity index (χ4v) is 2.58. The topological polar surface area (TPSA) is 43.4 Å². The van der Waals surface area contributed by atoms with E-state index in [4.69, 9.17) is 4.74 Å². The van der Waals surface area contributed by atoms with Gasteiger partial charge in [0.25, 0.3) is 0 Å². The van der Waals surface area contributed by atoms with Crippen LogP contribution in [0, 0.1) is 6.92 Å². The molecule has 1 rings (SSSR count). The molecule has 0 atom stereocenters. The van der Waals surface area contributed by atoms with Gasteiger partial charge in [-0.25, -0.2) is 8.42 Å². The number of benzene rings is 1. The van der Waals surface area contributed by atoms with Gasteiger partial charge in [0.2, 0.25) is 0 Å². The van der Waals surface area contributed by atoms with Gasteiger partial charge >= 0.3 is 0 Å². The van der Waals surface area contributed by atoms with E-state index >= 15 is 0 Å². The highest BCUT2D eigenvalue weighted by atomic mass is 32.2. The molecule has 0 spiro atoms. The van der Waals surface area contributed by atoms with Crippen molar-refractivity contribution in [3.05, 3.63) is 29.8 Å². The lowest BCUT2D eigenvalue weighted by atomic mass is 10.2. The van der Waals surface area contributed by atoms with E-state index in [1.54, 1.807) is 24.3 Å². The third-order valence-electron chi connectivity index (χ3n) is 2.08. The van der Waals surface area contributed by atoms with Gasteiger partial charge in [0, 0.05) is 0 Å². The van der Waals surface area contributed by atoms with Crippen molar-refractivity contribution in [3.63, 3.8) is 0 Å². The van der Waals surface area contributed by atoms with Crippen LogP contribution in [-0.4, -0.2) is 33.0 Å². The van der Waals surface area contributed by atoms with Crippen LogP contribution in [0.25, 0.3) is 0 Å². The Morgan fingerprint density at radius 2 is 1.88 bits per heavy atom. The quantitative estimate of drug-likeness (QED) is 0.580. The van der Waals surface area contributed by atoms with Crippen LogP contribution in [0.2, 0.25) is 0 Å². The molecule has 0 N–H and O–H groups in total. The number of sulfone groups is 1. The van der Waals surface area contributed by atoms with Gasteiger partial charge in [-0.3, -0.25) is 0 Å². The van der Waals surface area contributed by atoms with Gasteiger partial charge in [-0.05, 0) is 25.3 Å². The maximum absolute atomic E-state index is 11.8. The van der Waals surface area contributed by atoms with Crippen molar-refractivity contribution in [2.75, 3.05) is 24.6 Å². The van der Waals surface area contributed by atoms with E-state index in [0.29, 0.717) is 10.8 Å². The fraction of sp³-hybridized carbons (Fsp3) is 0.455. The van der Waals surface area contributed by atoms with Gasteiger partial charge < -0.3 is 4.74 Å². The van der Waals surface area contributed by atoms with Crippen LogP contribution in [0.5, 0.6) is 0 Å². The van der Waals surface area contributed by atoms with Crippen LogP contribution in [-0.2, 0) is 14.6 Å². The normalized spacial score (nSPS) is 11.6. The highest BCUT2D eigenvalue weighted by Crippen LogP contribution is 2.12. The molecule has 0 aromatic heterocycles. The van der Waals surface area contributed by atoms with E-state index in [1.807, 2.05) is 13.2 Å². The molecule has 0 aliphatic rings. The molecule has 90 valence electrons. The summed E-state index contributed by atoms with van der Waals surface area (Å²) in [6.07, 6.45) is 1.91. The Labute approximate surface area is 101 Å². The van der Waals surface area contributed by atoms with E-state index in [9.17, 15) is 8.42 Å². The number of hydrogen-bond donors (Lipinski definition) is 0. The lowest BCUT2D eigenvalue weighted by molar-refractivity contribution is 0.201. The molecule has 1 aromatic rings. The molecule has 16 heavy (non-hydrogen) atoms. The largest absolute Gasteiger partial charge is 0.370 e. The highest BCUT2D eigenvalue weighted by molar-refractivity contribution is 7.98. The fourth-order valence-electron chi connectivity index (χ4n) is 1.17. The van der Waals surface area contributed by atoms with Crippen molar-refractivity contribution in [1.82, 2.24) is 0 Å². The Bertz CT molecular complexity index is 409. The van der Waals surface area contributed by atoms with Gasteiger partial charge in [0.15, 0.2) is 9.84 Å². The zero-order valence-corrected chi connectivity index (χ0v) is 11.1. The van der Waals surface area contributed by atoms with Crippen molar-refractivity contribution in [1.29, 1.82) is 0 Å². The van der Waals surface area contributed by atoms with Gasteiger partial charge in [-0.15, -0.1) is 11.8 Å². The van der Waals surface area contributed by atoms with Crippen molar-refractivity contribution in [2.24, 2.45) is 0 Å². The lowest BCUT2D eigenvalue weighted by Gasteiger charge is -2.05. The molecule has 0 aliphatic heterocycles. The van der Waals surface area contributed by atoms with Gasteiger partial charge in [0.1, 0.15) is 0 Å². The molecule has 5 heteroatoms. The van der Waals surface area contributed by atoms with E-state index in [-0.39, 0.29) is 12.4 Å². The molecule has 0 heterocycles. The SMILES string of the molecule is CSCOCCS(=O)(=O)c1ccc(C)cc1. The van der Waals surface area contributed by atoms with E-state index < -0.39 is 9.84 Å². The van der Waals surface area contributed by atoms with E-state index in [0.717, 1.165) is 5.56 Å². The molecule has 3 nitrogen and oxygen atoms in total. The number of ether oxygens (including phenoxy) is 1. The number of thioether (sulfide) groups is 1. The summed E-state index contributed by atoms with van der Waals surface area (Å²) in [6, 6.07) is 6.88. The summed E-state index contributed by atoms with van der Waals surface area (Å²) in [5.74, 6) is 0.569. The van der Waals surface area contributed by atoms with Crippen LogP contribution < -0.4 is 0 Å². The Morgan fingerprint density at radius 1 is 1.25 bits per heavy atom. The smallest absolute Gasteiger partial charge is 0.180 e. The molecule has 0 aliphatic carbocycles. The molecular weight excluding hydrogens is 244 g/mol. The average Bonchev–Trinajstić information content (AvgIpc) is 2.25. The first-order valence-corrected chi connectivity index (χ1v) is 7.97. The van der Waals surface area contributed by atoms with Crippen molar-refractivity contribution >= 4 is 21.6 Å². The van der Waals surface area contributed by atoms with Crippen LogP contribution in [0.3, 0.4) is 0 Å². The predicted molar refractivity (Wildman–Crippen MR) is 67.6 cm³/mol. The molecule has 0 amide bonds. The average molecular weight is 260 g/mol. The zero-order chi connectivity index (χ0) is 12.0. The molecule has 0 radical (unpaired) electrons. The Hall–Kier alpha value is -0.520. The molecule has 1 aromatic carbocycles. The molecular formula is C11H16O3S2. The summed E-state index contributed by atoms with van der Waals surface area (Å²) in [6.45, 7) is 2.18. The lowest BCUT2D eigenvalue weighted by Crippen LogP contribution is -2.12. The van der Waals surface area contributed by atoms with Crippen molar-refractivity contribution in [3.8, 4) is 0 Å². The van der Waals surface area contributed by atoms with E-state index in [2.05, 4.69) is 0 Å². The summed E-state index contributed by atoms with van der Waals surface area (Å²) < 4.78 is 28.8. The van der Waals surface area contributed by atoms with Gasteiger partial charge in [-0.1, -0.05) is 17.7 Å². The minimum Gasteiger partial charge on any atom is -0.370 e. The van der Waals surface area contributed by atoms with Gasteiger partial charge in [0.05, 0.1) is 23.2 Å². The minimum absolute atomic E-state index is 0.0383. The maximum atomic E-state index is 11.8. The predicted octanol–water partition coefficient (Wildman–Crippen LogP) is 2.11. The second-order valence-electron chi connectivity index (χ2n) is 3.45. The first-order valence-electron chi connectivity index (χ1n) is 4.92. The van der Waals surface area contributed by atoms with Crippen LogP contribution in [0.1, 0.15) is 5.56 Å². The number of rotatable bonds is 6. The van der Waals surface area contributed by atoms with Crippen molar-refractivity contribution < 1.29 is 13.2 Å². The van der Waals surface area contributed by atoms with Crippen molar-refractivity contribution in [2.45, 2.75) is 11.8 Å². The van der Waals surface area contributed by atoms with Gasteiger partial charge in [-0.2, -0.15) is 0 Å². The van der Waals surface area contributed by atoms with E-state index in [1.165, 1.54) is 11.8 Å². The maximum Gasteiger partial charge on any atom is 0.180 e. The van der Waals surface area contributed by atoms with Crippen LogP contribution >= 0.6 is 11.8 Å². The first-order chi connectivity index (χ1) is 7.56. The summed E-state index contributed by atoms with van der Waals surface area (Å²) in [5.41, 5.74) is 1.05. The summed E-state index contributed by atoms with van der Waals surface area (Å²) >= 11 is 1.53. The molecule has 0 saturated heterocycles. The third kappa shape index (κ3) is 4.15. The number of aryl methyl sites for hydroxylation is 1. The monoisotopic (exact) mass is 260 g/mol. The summed E-state index contributed by atoms with van der Waals surface area (Å²) in [7, 11) is -3.19. The Balaban J connectivity index is 2.60. The zero-order valence-electron chi connectivity index (χ0n) is 9.47. The summed E-state index contributed by atoms with van der Waals surface area (Å²) in [5, 5.41) is 0. The third-order valence-corrected chi connectivity index (χ3v) is 4.17. The standard InChI is InChI=1S/C11H16O3S2/c1-10-3-5-11(6-4-10)16(12,13)8-7-14-9-15-2/h3-6H,7-9H2,1-2H3. The Kier molecular flexibility index (Phi) is 5.31. The molecule has 0 saturated carbocycles. The number of hydrogen-bond acceptors (Lipinski definition) is 4. The second kappa shape index (κ2) is 6.27. The highest BCUT2D eigenvalue weighted by Gasteiger charge is 2.13. The minimum atomic E-state index is -3.19. The summed E-state index contributed by atoms with van der Waals surface area (Å²) in [4.78, 5) is 0.367. The molecule has 0 bridgehead atoms. The molecule has 0 fully saturated rings. The Morgan fingerprint density at radius 3 is 2.44 bits per heavy atom. The second-order valence-corrected chi connectivity index (χ2v) is 6.37. The van der Waals surface area contributed by atoms with Crippen LogP contribution in [0.15, 0.2) is 29.2 Å². The molecule has 0 unspecified atom stereocenters. The first kappa shape index (κ1) is 13.5.